The molecule has 3 rings (SSSR count). The van der Waals surface area contributed by atoms with Crippen LogP contribution in [-0.4, -0.2) is 29.0 Å². The van der Waals surface area contributed by atoms with Gasteiger partial charge in [0.15, 0.2) is 0 Å². The molecule has 2 aromatic heterocycles. The van der Waals surface area contributed by atoms with Crippen LogP contribution in [0.1, 0.15) is 46.6 Å². The minimum absolute atomic E-state index is 0.158. The summed E-state index contributed by atoms with van der Waals surface area (Å²) in [6.07, 6.45) is 1.74. The van der Waals surface area contributed by atoms with Crippen molar-refractivity contribution in [1.29, 1.82) is 0 Å². The molecule has 164 valence electrons. The molecule has 0 aliphatic rings. The molecule has 31 heavy (non-hydrogen) atoms. The molecule has 1 aromatic carbocycles. The van der Waals surface area contributed by atoms with Gasteiger partial charge in [-0.05, 0) is 69.5 Å². The first kappa shape index (κ1) is 22.6. The van der Waals surface area contributed by atoms with E-state index < -0.39 is 0 Å². The van der Waals surface area contributed by atoms with E-state index in [1.54, 1.807) is 13.3 Å². The van der Waals surface area contributed by atoms with Gasteiger partial charge < -0.3 is 20.4 Å². The highest BCUT2D eigenvalue weighted by Crippen LogP contribution is 2.34. The van der Waals surface area contributed by atoms with Crippen LogP contribution in [0.5, 0.6) is 5.19 Å². The fourth-order valence-electron chi connectivity index (χ4n) is 3.40. The second kappa shape index (κ2) is 9.34. The summed E-state index contributed by atoms with van der Waals surface area (Å²) in [5.74, 6) is -0.234. The van der Waals surface area contributed by atoms with E-state index in [1.165, 1.54) is 11.3 Å². The lowest BCUT2D eigenvalue weighted by atomic mass is 10.0. The summed E-state index contributed by atoms with van der Waals surface area (Å²) in [5.41, 5.74) is 5.19. The number of H-pyrrole nitrogens is 1. The molecule has 3 N–H and O–H groups in total. The summed E-state index contributed by atoms with van der Waals surface area (Å²) in [4.78, 5) is 33.3. The third-order valence-corrected chi connectivity index (χ3v) is 5.97. The number of amides is 1. The van der Waals surface area contributed by atoms with E-state index in [1.807, 2.05) is 52.8 Å². The van der Waals surface area contributed by atoms with Crippen molar-refractivity contribution in [2.75, 3.05) is 12.4 Å². The minimum atomic E-state index is -0.234. The van der Waals surface area contributed by atoms with E-state index in [0.717, 1.165) is 32.9 Å². The summed E-state index contributed by atoms with van der Waals surface area (Å²) in [6, 6.07) is 5.98. The molecule has 7 nitrogen and oxygen atoms in total. The lowest BCUT2D eigenvalue weighted by Gasteiger charge is -2.18. The van der Waals surface area contributed by atoms with Crippen molar-refractivity contribution < 1.29 is 9.53 Å². The average Bonchev–Trinajstić information content (AvgIpc) is 3.17. The predicted molar refractivity (Wildman–Crippen MR) is 125 cm³/mol. The van der Waals surface area contributed by atoms with Crippen molar-refractivity contribution in [3.63, 3.8) is 0 Å². The smallest absolute Gasteiger partial charge is 0.273 e. The fourth-order valence-corrected chi connectivity index (χ4v) is 4.12. The van der Waals surface area contributed by atoms with Gasteiger partial charge in [0.05, 0.1) is 12.0 Å². The molecule has 0 radical (unpaired) electrons. The minimum Gasteiger partial charge on any atom is -0.473 e. The summed E-state index contributed by atoms with van der Waals surface area (Å²) in [5, 5.41) is 6.89. The second-order valence-electron chi connectivity index (χ2n) is 7.82. The van der Waals surface area contributed by atoms with Gasteiger partial charge in [-0.2, -0.15) is 0 Å². The Balaban J connectivity index is 1.95. The van der Waals surface area contributed by atoms with Crippen LogP contribution in [0.25, 0.3) is 10.4 Å². The normalized spacial score (nSPS) is 10.9. The maximum atomic E-state index is 13.1. The molecule has 0 fully saturated rings. The first-order chi connectivity index (χ1) is 14.7. The van der Waals surface area contributed by atoms with E-state index in [4.69, 9.17) is 4.74 Å². The number of methoxy groups -OCH3 is 1. The van der Waals surface area contributed by atoms with Crippen molar-refractivity contribution in [3.05, 3.63) is 62.7 Å². The molecule has 2 heterocycles. The Labute approximate surface area is 185 Å². The number of thiazole rings is 1. The van der Waals surface area contributed by atoms with E-state index >= 15 is 0 Å². The van der Waals surface area contributed by atoms with Gasteiger partial charge in [-0.15, -0.1) is 0 Å². The third-order valence-electron chi connectivity index (χ3n) is 4.96. The fraction of sp³-hybridized carbons (Fsp3) is 0.348. The average molecular weight is 441 g/mol. The first-order valence-corrected chi connectivity index (χ1v) is 10.9. The largest absolute Gasteiger partial charge is 0.473 e. The van der Waals surface area contributed by atoms with Crippen LogP contribution in [0.4, 0.5) is 5.69 Å². The summed E-state index contributed by atoms with van der Waals surface area (Å²) in [7, 11) is 1.58. The van der Waals surface area contributed by atoms with Crippen LogP contribution in [0.15, 0.2) is 29.2 Å². The van der Waals surface area contributed by atoms with Gasteiger partial charge in [-0.3, -0.25) is 9.59 Å². The van der Waals surface area contributed by atoms with Crippen LogP contribution >= 0.6 is 11.3 Å². The van der Waals surface area contributed by atoms with Gasteiger partial charge in [0, 0.05) is 41.3 Å². The van der Waals surface area contributed by atoms with Gasteiger partial charge in [0.2, 0.25) is 0 Å². The van der Waals surface area contributed by atoms with Crippen LogP contribution in [0.2, 0.25) is 0 Å². The Bertz CT molecular complexity index is 1160. The highest BCUT2D eigenvalue weighted by molar-refractivity contribution is 7.16. The Hall–Kier alpha value is -3.13. The maximum Gasteiger partial charge on any atom is 0.273 e. The zero-order chi connectivity index (χ0) is 22.7. The standard InChI is InChI=1S/C23H28N4O3S/c1-12(2)26-19-9-16(20-11-25-23(30-6)31-20)8-17(15(19)5)21(28)24-10-18-13(3)7-14(4)27-22(18)29/h7-9,11-12,26H,10H2,1-6H3,(H,24,28)(H,27,29). The molecule has 0 unspecified atom stereocenters. The van der Waals surface area contributed by atoms with Crippen LogP contribution in [0, 0.1) is 20.8 Å². The summed E-state index contributed by atoms with van der Waals surface area (Å²) < 4.78 is 5.21. The van der Waals surface area contributed by atoms with Crippen LogP contribution in [-0.2, 0) is 6.54 Å². The Morgan fingerprint density at radius 1 is 1.23 bits per heavy atom. The number of aromatic amines is 1. The number of hydrogen-bond acceptors (Lipinski definition) is 6. The lowest BCUT2D eigenvalue weighted by Crippen LogP contribution is -2.28. The van der Waals surface area contributed by atoms with Gasteiger partial charge >= 0.3 is 0 Å². The first-order valence-electron chi connectivity index (χ1n) is 10.1. The number of carbonyl (C=O) groups excluding carboxylic acids is 1. The second-order valence-corrected chi connectivity index (χ2v) is 8.81. The number of anilines is 1. The molecule has 0 saturated heterocycles. The van der Waals surface area contributed by atoms with Gasteiger partial charge in [0.25, 0.3) is 16.7 Å². The molecule has 0 saturated carbocycles. The molecule has 1 amide bonds. The van der Waals surface area contributed by atoms with Crippen molar-refractivity contribution in [3.8, 4) is 15.6 Å². The number of hydrogen-bond donors (Lipinski definition) is 3. The number of rotatable bonds is 7. The zero-order valence-corrected chi connectivity index (χ0v) is 19.5. The number of aryl methyl sites for hydroxylation is 2. The number of nitrogens with one attached hydrogen (secondary N) is 3. The quantitative estimate of drug-likeness (QED) is 0.512. The number of carbonyl (C=O) groups is 1. The van der Waals surface area contributed by atoms with Crippen molar-refractivity contribution in [2.24, 2.45) is 0 Å². The molecule has 0 atom stereocenters. The molecular weight excluding hydrogens is 412 g/mol. The van der Waals surface area contributed by atoms with Gasteiger partial charge in [-0.25, -0.2) is 4.98 Å². The van der Waals surface area contributed by atoms with Crippen LogP contribution < -0.4 is 20.9 Å². The van der Waals surface area contributed by atoms with Crippen molar-refractivity contribution >= 4 is 22.9 Å². The lowest BCUT2D eigenvalue weighted by molar-refractivity contribution is 0.0950. The Morgan fingerprint density at radius 3 is 2.58 bits per heavy atom. The number of pyridine rings is 1. The number of aromatic nitrogens is 2. The highest BCUT2D eigenvalue weighted by Gasteiger charge is 2.17. The Kier molecular flexibility index (Phi) is 6.80. The molecule has 0 aliphatic heterocycles. The summed E-state index contributed by atoms with van der Waals surface area (Å²) >= 11 is 1.42. The van der Waals surface area contributed by atoms with E-state index in [0.29, 0.717) is 16.3 Å². The number of ether oxygens (including phenoxy) is 1. The Morgan fingerprint density at radius 2 is 1.97 bits per heavy atom. The molecule has 3 aromatic rings. The van der Waals surface area contributed by atoms with Crippen LogP contribution in [0.3, 0.4) is 0 Å². The third kappa shape index (κ3) is 5.14. The molecule has 0 bridgehead atoms. The van der Waals surface area contributed by atoms with Gasteiger partial charge in [-0.1, -0.05) is 11.3 Å². The monoisotopic (exact) mass is 440 g/mol. The van der Waals surface area contributed by atoms with E-state index in [2.05, 4.69) is 20.6 Å². The van der Waals surface area contributed by atoms with Crippen molar-refractivity contribution in [2.45, 2.75) is 47.2 Å². The molecule has 8 heteroatoms. The summed E-state index contributed by atoms with van der Waals surface area (Å²) in [6.45, 7) is 9.88. The van der Waals surface area contributed by atoms with Crippen molar-refractivity contribution in [1.82, 2.24) is 15.3 Å². The maximum absolute atomic E-state index is 13.1. The van der Waals surface area contributed by atoms with Gasteiger partial charge in [0.1, 0.15) is 0 Å². The topological polar surface area (TPSA) is 96.1 Å². The molecule has 0 aliphatic carbocycles. The highest BCUT2D eigenvalue weighted by atomic mass is 32.1. The van der Waals surface area contributed by atoms with E-state index in [-0.39, 0.29) is 24.1 Å². The van der Waals surface area contributed by atoms with E-state index in [9.17, 15) is 9.59 Å². The SMILES string of the molecule is COc1ncc(-c2cc(NC(C)C)c(C)c(C(=O)NCc3c(C)cc(C)[nH]c3=O)c2)s1. The molecule has 0 spiro atoms. The number of benzene rings is 1. The molecular formula is C23H28N4O3S. The zero-order valence-electron chi connectivity index (χ0n) is 18.7. The predicted octanol–water partition coefficient (Wildman–Crippen LogP) is 4.18. The number of nitrogens with zero attached hydrogens (tertiary/aromatic N) is 1.